The molecule has 15 rings (SSSR count). The van der Waals surface area contributed by atoms with Crippen molar-refractivity contribution in [3.05, 3.63) is 243 Å². The van der Waals surface area contributed by atoms with E-state index in [0.717, 1.165) is 71.8 Å². The van der Waals surface area contributed by atoms with E-state index in [-0.39, 0.29) is 0 Å². The molecule has 0 bridgehead atoms. The third-order valence-electron chi connectivity index (χ3n) is 14.5. The molecule has 0 N–H and O–H groups in total. The Morgan fingerprint density at radius 2 is 0.890 bits per heavy atom. The lowest BCUT2D eigenvalue weighted by atomic mass is 9.98. The van der Waals surface area contributed by atoms with Crippen LogP contribution in [0.15, 0.2) is 247 Å². The Morgan fingerprint density at radius 1 is 0.315 bits per heavy atom. The summed E-state index contributed by atoms with van der Waals surface area (Å²) in [5, 5.41) is 9.07. The van der Waals surface area contributed by atoms with Crippen molar-refractivity contribution in [3.63, 3.8) is 0 Å². The van der Waals surface area contributed by atoms with Gasteiger partial charge in [0.25, 0.3) is 0 Å². The summed E-state index contributed by atoms with van der Waals surface area (Å²) in [6.45, 7) is 0. The molecule has 0 amide bonds. The Kier molecular flexibility index (Phi) is 9.13. The molecule has 5 heterocycles. The maximum Gasteiger partial charge on any atom is 0.164 e. The molecule has 0 fully saturated rings. The first kappa shape index (κ1) is 40.9. The highest BCUT2D eigenvalue weighted by molar-refractivity contribution is 6.17. The monoisotopic (exact) mass is 932 g/mol. The van der Waals surface area contributed by atoms with Crippen molar-refractivity contribution in [2.75, 3.05) is 0 Å². The van der Waals surface area contributed by atoms with Crippen LogP contribution in [-0.2, 0) is 0 Å². The third kappa shape index (κ3) is 6.67. The Labute approximate surface area is 418 Å². The van der Waals surface area contributed by atoms with Crippen LogP contribution < -0.4 is 0 Å². The Morgan fingerprint density at radius 3 is 1.68 bits per heavy atom. The van der Waals surface area contributed by atoms with Crippen LogP contribution in [-0.4, -0.2) is 29.1 Å². The van der Waals surface area contributed by atoms with Crippen LogP contribution in [0.4, 0.5) is 0 Å². The van der Waals surface area contributed by atoms with Crippen LogP contribution in [0.5, 0.6) is 0 Å². The molecule has 73 heavy (non-hydrogen) atoms. The minimum absolute atomic E-state index is 0.557. The van der Waals surface area contributed by atoms with Gasteiger partial charge in [-0.2, -0.15) is 0 Å². The lowest BCUT2D eigenvalue weighted by molar-refractivity contribution is 0.668. The number of nitrogens with zero attached hydrogens (tertiary/aromatic N) is 6. The first-order valence-electron chi connectivity index (χ1n) is 24.5. The van der Waals surface area contributed by atoms with Gasteiger partial charge in [-0.05, 0) is 130 Å². The Balaban J connectivity index is 0.848. The van der Waals surface area contributed by atoms with Crippen molar-refractivity contribution in [1.29, 1.82) is 0 Å². The molecule has 0 spiro atoms. The Bertz CT molecular complexity index is 4670. The molecule has 340 valence electrons. The summed E-state index contributed by atoms with van der Waals surface area (Å²) in [5.41, 5.74) is 15.7. The van der Waals surface area contributed by atoms with E-state index in [1.54, 1.807) is 6.20 Å². The summed E-state index contributed by atoms with van der Waals surface area (Å²) in [5.74, 6) is 1.72. The normalized spacial score (nSPS) is 11.8. The number of fused-ring (bicyclic) bond motifs is 10. The van der Waals surface area contributed by atoms with E-state index in [9.17, 15) is 0 Å². The zero-order chi connectivity index (χ0) is 48.0. The molecule has 7 nitrogen and oxygen atoms in total. The van der Waals surface area contributed by atoms with Crippen LogP contribution in [0.25, 0.3) is 144 Å². The smallest absolute Gasteiger partial charge is 0.164 e. The van der Waals surface area contributed by atoms with E-state index in [1.165, 1.54) is 54.8 Å². The first-order chi connectivity index (χ1) is 36.2. The molecule has 0 aliphatic carbocycles. The topological polar surface area (TPSA) is 74.6 Å². The van der Waals surface area contributed by atoms with Crippen molar-refractivity contribution in [3.8, 4) is 67.8 Å². The van der Waals surface area contributed by atoms with Gasteiger partial charge in [0.15, 0.2) is 17.5 Å². The van der Waals surface area contributed by atoms with Crippen LogP contribution in [0, 0.1) is 0 Å². The number of rotatable bonds is 7. The van der Waals surface area contributed by atoms with Crippen molar-refractivity contribution >= 4 is 76.3 Å². The van der Waals surface area contributed by atoms with Crippen molar-refractivity contribution < 1.29 is 4.42 Å². The van der Waals surface area contributed by atoms with Crippen LogP contribution in [0.3, 0.4) is 0 Å². The number of benzene rings is 10. The van der Waals surface area contributed by atoms with Gasteiger partial charge in [-0.1, -0.05) is 133 Å². The fourth-order valence-corrected chi connectivity index (χ4v) is 11.0. The number of pyridine rings is 1. The van der Waals surface area contributed by atoms with E-state index in [4.69, 9.17) is 19.4 Å². The molecule has 0 aliphatic heterocycles. The van der Waals surface area contributed by atoms with Gasteiger partial charge < -0.3 is 13.6 Å². The van der Waals surface area contributed by atoms with Crippen LogP contribution in [0.1, 0.15) is 0 Å². The number of furan rings is 1. The SMILES string of the molecule is c1ccc(-c2ccc3cc(-c4nc(-c5ccc(-n6c7ccccc7c7c(-c8ccc9c(c8)c8ccccc8n9-c8ccccc8)cccc76)cc5)nc(-c5ccc6c(c5)oc5ccncc56)n4)ccc3c2)cc1. The predicted molar refractivity (Wildman–Crippen MR) is 298 cm³/mol. The second kappa shape index (κ2) is 16.3. The maximum absolute atomic E-state index is 6.31. The van der Waals surface area contributed by atoms with E-state index in [2.05, 4.69) is 226 Å². The Hall–Kier alpha value is -9.98. The molecular formula is C66H40N6O. The number of hydrogen-bond donors (Lipinski definition) is 0. The second-order valence-corrected chi connectivity index (χ2v) is 18.7. The molecule has 0 saturated carbocycles. The molecule has 5 aromatic heterocycles. The van der Waals surface area contributed by atoms with Gasteiger partial charge in [0.1, 0.15) is 11.2 Å². The quantitative estimate of drug-likeness (QED) is 0.159. The zero-order valence-corrected chi connectivity index (χ0v) is 39.2. The minimum atomic E-state index is 0.557. The number of para-hydroxylation sites is 3. The van der Waals surface area contributed by atoms with Crippen molar-refractivity contribution in [2.24, 2.45) is 0 Å². The highest BCUT2D eigenvalue weighted by Gasteiger charge is 2.20. The molecule has 7 heteroatoms. The predicted octanol–water partition coefficient (Wildman–Crippen LogP) is 16.8. The van der Waals surface area contributed by atoms with Gasteiger partial charge in [0, 0.05) is 72.8 Å². The summed E-state index contributed by atoms with van der Waals surface area (Å²) >= 11 is 0. The van der Waals surface area contributed by atoms with Gasteiger partial charge in [-0.3, -0.25) is 4.98 Å². The summed E-state index contributed by atoms with van der Waals surface area (Å²) in [7, 11) is 0. The minimum Gasteiger partial charge on any atom is -0.456 e. The fourth-order valence-electron chi connectivity index (χ4n) is 11.0. The van der Waals surface area contributed by atoms with E-state index in [0.29, 0.717) is 17.5 Å². The molecular weight excluding hydrogens is 893 g/mol. The van der Waals surface area contributed by atoms with E-state index in [1.807, 2.05) is 24.4 Å². The summed E-state index contributed by atoms with van der Waals surface area (Å²) in [6.07, 6.45) is 3.59. The first-order valence-corrected chi connectivity index (χ1v) is 24.5. The molecule has 0 saturated heterocycles. The van der Waals surface area contributed by atoms with Gasteiger partial charge in [-0.15, -0.1) is 0 Å². The highest BCUT2D eigenvalue weighted by atomic mass is 16.3. The summed E-state index contributed by atoms with van der Waals surface area (Å²) in [6, 6.07) is 81.8. The standard InChI is InChI=1S/C66H40N6O/c1-3-12-41(13-4-1)43-22-23-45-37-47(25-24-44(45)36-43)65-68-64(69-66(70-65)48-28-32-53-56-40-67-35-34-61(56)73-62(53)39-48)42-26-30-50(31-27-42)72-58-20-10-8-17-54(58)63-51(18-11-21-60(63)72)46-29-33-59-55(38-46)52-16-7-9-19-57(52)71(59)49-14-5-2-6-15-49/h1-40H. The van der Waals surface area contributed by atoms with Crippen molar-refractivity contribution in [2.45, 2.75) is 0 Å². The number of hydrogen-bond acceptors (Lipinski definition) is 5. The number of aromatic nitrogens is 6. The van der Waals surface area contributed by atoms with Gasteiger partial charge in [0.05, 0.1) is 22.1 Å². The molecule has 10 aromatic carbocycles. The molecule has 0 atom stereocenters. The third-order valence-corrected chi connectivity index (χ3v) is 14.5. The largest absolute Gasteiger partial charge is 0.456 e. The van der Waals surface area contributed by atoms with Crippen molar-refractivity contribution in [1.82, 2.24) is 29.1 Å². The van der Waals surface area contributed by atoms with Crippen LogP contribution >= 0.6 is 0 Å². The van der Waals surface area contributed by atoms with Gasteiger partial charge in [0.2, 0.25) is 0 Å². The lowest BCUT2D eigenvalue weighted by Gasteiger charge is -2.12. The van der Waals surface area contributed by atoms with Crippen LogP contribution in [0.2, 0.25) is 0 Å². The molecule has 15 aromatic rings. The summed E-state index contributed by atoms with van der Waals surface area (Å²) < 4.78 is 11.1. The average molecular weight is 933 g/mol. The van der Waals surface area contributed by atoms with Gasteiger partial charge in [-0.25, -0.2) is 15.0 Å². The second-order valence-electron chi connectivity index (χ2n) is 18.7. The highest BCUT2D eigenvalue weighted by Crippen LogP contribution is 2.42. The van der Waals surface area contributed by atoms with E-state index >= 15 is 0 Å². The zero-order valence-electron chi connectivity index (χ0n) is 39.2. The summed E-state index contributed by atoms with van der Waals surface area (Å²) in [4.78, 5) is 19.9. The molecule has 0 unspecified atom stereocenters. The average Bonchev–Trinajstić information content (AvgIpc) is 4.14. The maximum atomic E-state index is 6.31. The molecule has 0 radical (unpaired) electrons. The van der Waals surface area contributed by atoms with Gasteiger partial charge >= 0.3 is 0 Å². The lowest BCUT2D eigenvalue weighted by Crippen LogP contribution is -2.00. The van der Waals surface area contributed by atoms with E-state index < -0.39 is 0 Å². The molecule has 0 aliphatic rings. The fraction of sp³-hybridized carbons (Fsp3) is 0.